The first-order chi connectivity index (χ1) is 14.0. The largest absolute Gasteiger partial charge is 0.478 e. The molecule has 5 heteroatoms. The number of hydrogen-bond donors (Lipinski definition) is 2. The van der Waals surface area contributed by atoms with Crippen LogP contribution in [-0.4, -0.2) is 28.8 Å². The molecule has 0 aromatic rings. The lowest BCUT2D eigenvalue weighted by atomic mass is 10.0. The summed E-state index contributed by atoms with van der Waals surface area (Å²) in [7, 11) is 0. The minimum Gasteiger partial charge on any atom is -0.478 e. The van der Waals surface area contributed by atoms with E-state index in [4.69, 9.17) is 5.11 Å². The van der Waals surface area contributed by atoms with E-state index in [1.54, 1.807) is 0 Å². The van der Waals surface area contributed by atoms with Crippen LogP contribution in [0.1, 0.15) is 117 Å². The van der Waals surface area contributed by atoms with E-state index in [1.807, 2.05) is 6.92 Å². The summed E-state index contributed by atoms with van der Waals surface area (Å²) in [4.78, 5) is 34.7. The van der Waals surface area contributed by atoms with Gasteiger partial charge in [0.15, 0.2) is 0 Å². The minimum atomic E-state index is -1.05. The minimum absolute atomic E-state index is 0.270. The van der Waals surface area contributed by atoms with E-state index in [2.05, 4.69) is 12.2 Å². The van der Waals surface area contributed by atoms with E-state index in [0.29, 0.717) is 6.42 Å². The second-order valence-electron chi connectivity index (χ2n) is 7.98. The summed E-state index contributed by atoms with van der Waals surface area (Å²) in [5.41, 5.74) is 0. The Labute approximate surface area is 177 Å². The Morgan fingerprint density at radius 2 is 1.24 bits per heavy atom. The van der Waals surface area contributed by atoms with E-state index in [-0.39, 0.29) is 6.42 Å². The summed E-state index contributed by atoms with van der Waals surface area (Å²) in [6.45, 7) is 4.27. The smallest absolute Gasteiger partial charge is 0.328 e. The molecule has 0 saturated heterocycles. The van der Waals surface area contributed by atoms with E-state index in [9.17, 15) is 14.4 Å². The average molecular weight is 410 g/mol. The van der Waals surface area contributed by atoms with Crippen LogP contribution in [0.5, 0.6) is 0 Å². The number of carboxylic acid groups (broad SMARTS) is 1. The molecule has 5 nitrogen and oxygen atoms in total. The molecule has 29 heavy (non-hydrogen) atoms. The van der Waals surface area contributed by atoms with Crippen LogP contribution in [0.3, 0.4) is 0 Å². The lowest BCUT2D eigenvalue weighted by Gasteiger charge is -2.14. The molecule has 0 saturated carbocycles. The fourth-order valence-corrected chi connectivity index (χ4v) is 3.33. The summed E-state index contributed by atoms with van der Waals surface area (Å²) >= 11 is 0. The van der Waals surface area contributed by atoms with Crippen LogP contribution in [0.15, 0.2) is 12.2 Å². The normalized spacial score (nSPS) is 12.2. The van der Waals surface area contributed by atoms with Gasteiger partial charge in [-0.1, -0.05) is 103 Å². The van der Waals surface area contributed by atoms with Crippen LogP contribution >= 0.6 is 0 Å². The molecule has 0 aliphatic carbocycles. The molecule has 2 N–H and O–H groups in total. The Bertz CT molecular complexity index is 474. The number of unbranched alkanes of at least 4 members (excludes halogenated alkanes) is 12. The van der Waals surface area contributed by atoms with Gasteiger partial charge >= 0.3 is 5.97 Å². The number of rotatable bonds is 20. The SMILES string of the molecule is CCCCCCCCCCCCCCC(=O)C(=O)NC(C=CC(=O)O)CCCC. The number of amides is 1. The number of Topliss-reactive ketones (excluding diaryl/α,β-unsaturated/α-hetero) is 1. The first-order valence-electron chi connectivity index (χ1n) is 11.8. The molecule has 0 aliphatic rings. The predicted molar refractivity (Wildman–Crippen MR) is 119 cm³/mol. The van der Waals surface area contributed by atoms with Gasteiger partial charge in [-0.15, -0.1) is 0 Å². The van der Waals surface area contributed by atoms with Gasteiger partial charge in [0.1, 0.15) is 0 Å². The fraction of sp³-hybridized carbons (Fsp3) is 0.792. The van der Waals surface area contributed by atoms with Crippen molar-refractivity contribution in [3.05, 3.63) is 12.2 Å². The van der Waals surface area contributed by atoms with Crippen molar-refractivity contribution in [3.63, 3.8) is 0 Å². The van der Waals surface area contributed by atoms with E-state index in [1.165, 1.54) is 63.9 Å². The highest BCUT2D eigenvalue weighted by molar-refractivity contribution is 6.36. The third kappa shape index (κ3) is 18.1. The molecular weight excluding hydrogens is 366 g/mol. The molecule has 1 atom stereocenters. The third-order valence-corrected chi connectivity index (χ3v) is 5.17. The lowest BCUT2D eigenvalue weighted by molar-refractivity contribution is -0.138. The van der Waals surface area contributed by atoms with Gasteiger partial charge in [-0.2, -0.15) is 0 Å². The number of nitrogens with one attached hydrogen (secondary N) is 1. The molecule has 1 amide bonds. The first kappa shape index (κ1) is 27.4. The van der Waals surface area contributed by atoms with Gasteiger partial charge in [-0.25, -0.2) is 4.79 Å². The van der Waals surface area contributed by atoms with Crippen LogP contribution in [-0.2, 0) is 14.4 Å². The van der Waals surface area contributed by atoms with Crippen molar-refractivity contribution >= 4 is 17.7 Å². The molecule has 168 valence electrons. The summed E-state index contributed by atoms with van der Waals surface area (Å²) in [6, 6.07) is -0.399. The highest BCUT2D eigenvalue weighted by Gasteiger charge is 2.16. The van der Waals surface area contributed by atoms with Gasteiger partial charge in [0, 0.05) is 18.5 Å². The number of carboxylic acids is 1. The van der Waals surface area contributed by atoms with Crippen molar-refractivity contribution in [2.75, 3.05) is 0 Å². The number of carbonyl (C=O) groups is 3. The highest BCUT2D eigenvalue weighted by atomic mass is 16.4. The molecular formula is C24H43NO4. The molecule has 0 rings (SSSR count). The van der Waals surface area contributed by atoms with Crippen LogP contribution in [0, 0.1) is 0 Å². The number of aliphatic carboxylic acids is 1. The van der Waals surface area contributed by atoms with Crippen molar-refractivity contribution in [2.24, 2.45) is 0 Å². The predicted octanol–water partition coefficient (Wildman–Crippen LogP) is 5.96. The Kier molecular flexibility index (Phi) is 18.5. The van der Waals surface area contributed by atoms with Crippen molar-refractivity contribution in [2.45, 2.75) is 123 Å². The first-order valence-corrected chi connectivity index (χ1v) is 11.8. The Morgan fingerprint density at radius 3 is 1.72 bits per heavy atom. The van der Waals surface area contributed by atoms with Gasteiger partial charge in [0.05, 0.1) is 0 Å². The highest BCUT2D eigenvalue weighted by Crippen LogP contribution is 2.12. The third-order valence-electron chi connectivity index (χ3n) is 5.17. The zero-order chi connectivity index (χ0) is 21.7. The molecule has 0 radical (unpaired) electrons. The zero-order valence-electron chi connectivity index (χ0n) is 18.7. The molecule has 0 heterocycles. The number of carbonyl (C=O) groups excluding carboxylic acids is 2. The molecule has 0 aromatic heterocycles. The van der Waals surface area contributed by atoms with Crippen LogP contribution < -0.4 is 5.32 Å². The quantitative estimate of drug-likeness (QED) is 0.148. The van der Waals surface area contributed by atoms with Gasteiger partial charge in [0.2, 0.25) is 5.78 Å². The van der Waals surface area contributed by atoms with Gasteiger partial charge < -0.3 is 10.4 Å². The Morgan fingerprint density at radius 1 is 0.759 bits per heavy atom. The molecule has 0 bridgehead atoms. The monoisotopic (exact) mass is 409 g/mol. The van der Waals surface area contributed by atoms with Crippen LogP contribution in [0.4, 0.5) is 0 Å². The standard InChI is InChI=1S/C24H43NO4/c1-3-5-7-8-9-10-11-12-13-14-15-16-18-22(26)24(29)25-21(17-6-4-2)19-20-23(27)28/h19-21H,3-18H2,1-2H3,(H,25,29)(H,27,28). The summed E-state index contributed by atoms with van der Waals surface area (Å²) in [6.07, 6.45) is 19.9. The van der Waals surface area contributed by atoms with Gasteiger partial charge in [-0.05, 0) is 12.8 Å². The van der Waals surface area contributed by atoms with E-state index < -0.39 is 23.7 Å². The molecule has 0 spiro atoms. The van der Waals surface area contributed by atoms with Crippen molar-refractivity contribution in [1.29, 1.82) is 0 Å². The summed E-state index contributed by atoms with van der Waals surface area (Å²) in [5.74, 6) is -2.05. The Hall–Kier alpha value is -1.65. The zero-order valence-corrected chi connectivity index (χ0v) is 18.7. The maximum absolute atomic E-state index is 12.1. The topological polar surface area (TPSA) is 83.5 Å². The van der Waals surface area contributed by atoms with Crippen molar-refractivity contribution < 1.29 is 19.5 Å². The van der Waals surface area contributed by atoms with Gasteiger partial charge in [0.25, 0.3) is 5.91 Å². The van der Waals surface area contributed by atoms with Crippen molar-refractivity contribution in [3.8, 4) is 0 Å². The lowest BCUT2D eigenvalue weighted by Crippen LogP contribution is -2.38. The summed E-state index contributed by atoms with van der Waals surface area (Å²) in [5, 5.41) is 11.4. The number of hydrogen-bond acceptors (Lipinski definition) is 3. The second-order valence-corrected chi connectivity index (χ2v) is 7.98. The maximum atomic E-state index is 12.1. The molecule has 0 fully saturated rings. The second kappa shape index (κ2) is 19.7. The average Bonchev–Trinajstić information content (AvgIpc) is 2.70. The molecule has 0 aliphatic heterocycles. The summed E-state index contributed by atoms with van der Waals surface area (Å²) < 4.78 is 0. The van der Waals surface area contributed by atoms with E-state index in [0.717, 1.165) is 38.2 Å². The van der Waals surface area contributed by atoms with Gasteiger partial charge in [-0.3, -0.25) is 9.59 Å². The van der Waals surface area contributed by atoms with Crippen LogP contribution in [0.25, 0.3) is 0 Å². The molecule has 0 aromatic carbocycles. The van der Waals surface area contributed by atoms with E-state index >= 15 is 0 Å². The number of ketones is 1. The maximum Gasteiger partial charge on any atom is 0.328 e. The Balaban J connectivity index is 3.81. The van der Waals surface area contributed by atoms with Crippen molar-refractivity contribution in [1.82, 2.24) is 5.32 Å². The molecule has 1 unspecified atom stereocenters. The van der Waals surface area contributed by atoms with Crippen LogP contribution in [0.2, 0.25) is 0 Å². The fourth-order valence-electron chi connectivity index (χ4n) is 3.33.